The summed E-state index contributed by atoms with van der Waals surface area (Å²) in [5, 5.41) is 8.80. The number of carboxylic acid groups (broad SMARTS) is 1. The number of aliphatic carboxylic acids is 1. The normalized spacial score (nSPS) is 38.2. The summed E-state index contributed by atoms with van der Waals surface area (Å²) in [7, 11) is 2.06. The van der Waals surface area contributed by atoms with E-state index in [1.54, 1.807) is 0 Å². The number of carboxylic acids is 1. The third-order valence-corrected chi connectivity index (χ3v) is 3.51. The molecule has 2 heterocycles. The van der Waals surface area contributed by atoms with Crippen molar-refractivity contribution in [3.8, 4) is 0 Å². The Hall–Kier alpha value is -0.610. The molecule has 0 spiro atoms. The Morgan fingerprint density at radius 1 is 1.64 bits per heavy atom. The highest BCUT2D eigenvalue weighted by molar-refractivity contribution is 5.67. The molecule has 4 heteroatoms. The summed E-state index contributed by atoms with van der Waals surface area (Å²) in [6.45, 7) is 2.48. The van der Waals surface area contributed by atoms with Gasteiger partial charge in [0.25, 0.3) is 0 Å². The molecule has 3 atom stereocenters. The number of hydrogen-bond acceptors (Lipinski definition) is 3. The number of likely N-dealkylation sites (tertiary alicyclic amines) is 1. The monoisotopic (exact) mass is 199 g/mol. The van der Waals surface area contributed by atoms with Gasteiger partial charge >= 0.3 is 5.97 Å². The second kappa shape index (κ2) is 3.87. The van der Waals surface area contributed by atoms with Crippen LogP contribution in [0, 0.1) is 11.8 Å². The fourth-order valence-corrected chi connectivity index (χ4v) is 2.82. The van der Waals surface area contributed by atoms with Crippen LogP contribution in [-0.4, -0.2) is 48.8 Å². The molecule has 2 saturated heterocycles. The number of carbonyl (C=O) groups is 1. The summed E-state index contributed by atoms with van der Waals surface area (Å²) < 4.78 is 5.42. The van der Waals surface area contributed by atoms with E-state index >= 15 is 0 Å². The number of likely N-dealkylation sites (N-methyl/N-ethyl adjacent to an activating group) is 1. The van der Waals surface area contributed by atoms with Gasteiger partial charge in [0, 0.05) is 25.6 Å². The van der Waals surface area contributed by atoms with Crippen LogP contribution in [0.2, 0.25) is 0 Å². The van der Waals surface area contributed by atoms with Crippen LogP contribution < -0.4 is 0 Å². The Bertz CT molecular complexity index is 231. The Labute approximate surface area is 83.8 Å². The summed E-state index contributed by atoms with van der Waals surface area (Å²) in [6.07, 6.45) is 1.33. The fourth-order valence-electron chi connectivity index (χ4n) is 2.82. The second-order valence-electron chi connectivity index (χ2n) is 4.39. The van der Waals surface area contributed by atoms with Gasteiger partial charge in [-0.15, -0.1) is 0 Å². The van der Waals surface area contributed by atoms with E-state index in [-0.39, 0.29) is 0 Å². The van der Waals surface area contributed by atoms with Crippen molar-refractivity contribution in [1.82, 2.24) is 4.90 Å². The Morgan fingerprint density at radius 3 is 3.14 bits per heavy atom. The molecule has 2 aliphatic heterocycles. The summed E-state index contributed by atoms with van der Waals surface area (Å²) in [6, 6.07) is 0.452. The van der Waals surface area contributed by atoms with Crippen LogP contribution in [0.5, 0.6) is 0 Å². The van der Waals surface area contributed by atoms with E-state index in [0.29, 0.717) is 24.3 Å². The highest BCUT2D eigenvalue weighted by Crippen LogP contribution is 2.35. The van der Waals surface area contributed by atoms with Crippen molar-refractivity contribution in [2.75, 3.05) is 26.8 Å². The van der Waals surface area contributed by atoms with E-state index in [1.165, 1.54) is 0 Å². The minimum atomic E-state index is -0.671. The Kier molecular flexibility index (Phi) is 2.74. The highest BCUT2D eigenvalue weighted by atomic mass is 16.5. The first-order chi connectivity index (χ1) is 6.68. The minimum absolute atomic E-state index is 0.311. The van der Waals surface area contributed by atoms with Crippen molar-refractivity contribution in [3.63, 3.8) is 0 Å². The SMILES string of the molecule is CN1CC(CC(=O)O)C2CCOCC21. The lowest BCUT2D eigenvalue weighted by atomic mass is 9.85. The lowest BCUT2D eigenvalue weighted by molar-refractivity contribution is -0.138. The maximum absolute atomic E-state index is 10.7. The van der Waals surface area contributed by atoms with Gasteiger partial charge in [-0.05, 0) is 25.3 Å². The van der Waals surface area contributed by atoms with Gasteiger partial charge in [0.05, 0.1) is 6.61 Å². The van der Waals surface area contributed by atoms with Crippen LogP contribution in [0.3, 0.4) is 0 Å². The van der Waals surface area contributed by atoms with Gasteiger partial charge in [-0.2, -0.15) is 0 Å². The molecule has 0 bridgehead atoms. The molecule has 0 aromatic carbocycles. The predicted octanol–water partition coefficient (Wildman–Crippen LogP) is 0.428. The molecule has 0 radical (unpaired) electrons. The first kappa shape index (κ1) is 9.93. The van der Waals surface area contributed by atoms with E-state index in [9.17, 15) is 4.79 Å². The number of hydrogen-bond donors (Lipinski definition) is 1. The molecule has 4 nitrogen and oxygen atoms in total. The smallest absolute Gasteiger partial charge is 0.303 e. The number of rotatable bonds is 2. The molecule has 0 aromatic heterocycles. The maximum atomic E-state index is 10.7. The average Bonchev–Trinajstić information content (AvgIpc) is 2.44. The summed E-state index contributed by atoms with van der Waals surface area (Å²) in [5.41, 5.74) is 0. The van der Waals surface area contributed by atoms with Crippen molar-refractivity contribution in [1.29, 1.82) is 0 Å². The van der Waals surface area contributed by atoms with Gasteiger partial charge in [0.1, 0.15) is 0 Å². The molecule has 0 aromatic rings. The third-order valence-electron chi connectivity index (χ3n) is 3.51. The van der Waals surface area contributed by atoms with Crippen LogP contribution >= 0.6 is 0 Å². The first-order valence-electron chi connectivity index (χ1n) is 5.18. The molecule has 0 aliphatic carbocycles. The van der Waals surface area contributed by atoms with Crippen LogP contribution in [0.1, 0.15) is 12.8 Å². The van der Waals surface area contributed by atoms with Crippen molar-refractivity contribution >= 4 is 5.97 Å². The number of fused-ring (bicyclic) bond motifs is 1. The van der Waals surface area contributed by atoms with Crippen LogP contribution in [0.15, 0.2) is 0 Å². The quantitative estimate of drug-likeness (QED) is 0.700. The highest BCUT2D eigenvalue weighted by Gasteiger charge is 2.42. The van der Waals surface area contributed by atoms with Gasteiger partial charge in [-0.1, -0.05) is 0 Å². The van der Waals surface area contributed by atoms with Crippen LogP contribution in [0.25, 0.3) is 0 Å². The predicted molar refractivity (Wildman–Crippen MR) is 51.1 cm³/mol. The van der Waals surface area contributed by atoms with Crippen molar-refractivity contribution in [3.05, 3.63) is 0 Å². The average molecular weight is 199 g/mol. The molecule has 1 N–H and O–H groups in total. The lowest BCUT2D eigenvalue weighted by Crippen LogP contribution is -2.38. The standard InChI is InChI=1S/C10H17NO3/c1-11-5-7(4-10(12)13)8-2-3-14-6-9(8)11/h7-9H,2-6H2,1H3,(H,12,13). The molecule has 2 fully saturated rings. The zero-order chi connectivity index (χ0) is 10.1. The molecule has 2 rings (SSSR count). The molecular formula is C10H17NO3. The van der Waals surface area contributed by atoms with Gasteiger partial charge in [-0.25, -0.2) is 0 Å². The van der Waals surface area contributed by atoms with Gasteiger partial charge in [-0.3, -0.25) is 4.79 Å². The molecule has 14 heavy (non-hydrogen) atoms. The molecule has 3 unspecified atom stereocenters. The van der Waals surface area contributed by atoms with Crippen molar-refractivity contribution in [2.45, 2.75) is 18.9 Å². The molecule has 0 saturated carbocycles. The number of nitrogens with zero attached hydrogens (tertiary/aromatic N) is 1. The van der Waals surface area contributed by atoms with E-state index in [0.717, 1.165) is 26.2 Å². The van der Waals surface area contributed by atoms with Crippen molar-refractivity contribution < 1.29 is 14.6 Å². The van der Waals surface area contributed by atoms with Gasteiger partial charge in [0.2, 0.25) is 0 Å². The van der Waals surface area contributed by atoms with Gasteiger partial charge in [0.15, 0.2) is 0 Å². The summed E-state index contributed by atoms with van der Waals surface area (Å²) in [4.78, 5) is 12.9. The van der Waals surface area contributed by atoms with Gasteiger partial charge < -0.3 is 14.7 Å². The van der Waals surface area contributed by atoms with E-state index in [4.69, 9.17) is 9.84 Å². The largest absolute Gasteiger partial charge is 0.481 e. The summed E-state index contributed by atoms with van der Waals surface area (Å²) >= 11 is 0. The van der Waals surface area contributed by atoms with Crippen LogP contribution in [0.4, 0.5) is 0 Å². The minimum Gasteiger partial charge on any atom is -0.481 e. The number of ether oxygens (including phenoxy) is 1. The topological polar surface area (TPSA) is 49.8 Å². The Morgan fingerprint density at radius 2 is 2.43 bits per heavy atom. The zero-order valence-electron chi connectivity index (χ0n) is 8.48. The van der Waals surface area contributed by atoms with E-state index < -0.39 is 5.97 Å². The molecule has 0 amide bonds. The zero-order valence-corrected chi connectivity index (χ0v) is 8.48. The first-order valence-corrected chi connectivity index (χ1v) is 5.18. The van der Waals surface area contributed by atoms with E-state index in [1.807, 2.05) is 0 Å². The fraction of sp³-hybridized carbons (Fsp3) is 0.900. The van der Waals surface area contributed by atoms with E-state index in [2.05, 4.69) is 11.9 Å². The molecule has 80 valence electrons. The molecule has 2 aliphatic rings. The van der Waals surface area contributed by atoms with Crippen LogP contribution in [-0.2, 0) is 9.53 Å². The Balaban J connectivity index is 2.02. The molecular weight excluding hydrogens is 182 g/mol. The second-order valence-corrected chi connectivity index (χ2v) is 4.39. The maximum Gasteiger partial charge on any atom is 0.303 e. The van der Waals surface area contributed by atoms with Crippen molar-refractivity contribution in [2.24, 2.45) is 11.8 Å². The third kappa shape index (κ3) is 1.77. The lowest BCUT2D eigenvalue weighted by Gasteiger charge is -2.30. The summed E-state index contributed by atoms with van der Waals surface area (Å²) in [5.74, 6) is 0.187.